The molecule has 156 valence electrons. The van der Waals surface area contributed by atoms with Crippen molar-refractivity contribution in [3.8, 4) is 22.9 Å². The van der Waals surface area contributed by atoms with Crippen LogP contribution in [0.25, 0.3) is 22.4 Å². The van der Waals surface area contributed by atoms with Crippen LogP contribution < -0.4 is 10.1 Å². The minimum absolute atomic E-state index is 0.173. The van der Waals surface area contributed by atoms with Gasteiger partial charge in [0.15, 0.2) is 0 Å². The fraction of sp³-hybridized carbons (Fsp3) is 0.0370. The Morgan fingerprint density at radius 1 is 0.844 bits per heavy atom. The van der Waals surface area contributed by atoms with Crippen molar-refractivity contribution in [3.05, 3.63) is 108 Å². The number of benzene rings is 4. The molecule has 0 saturated heterocycles. The molecule has 5 heteroatoms. The lowest BCUT2D eigenvalue weighted by Crippen LogP contribution is -2.11. The monoisotopic (exact) mass is 419 g/mol. The molecule has 0 saturated carbocycles. The number of imidazole rings is 1. The number of ether oxygens (including phenoxy) is 1. The Morgan fingerprint density at radius 3 is 2.31 bits per heavy atom. The van der Waals surface area contributed by atoms with Gasteiger partial charge in [-0.05, 0) is 73.2 Å². The number of aromatic amines is 1. The van der Waals surface area contributed by atoms with Gasteiger partial charge in [-0.3, -0.25) is 4.79 Å². The van der Waals surface area contributed by atoms with Gasteiger partial charge in [-0.1, -0.05) is 36.4 Å². The third-order valence-corrected chi connectivity index (χ3v) is 5.15. The first-order valence-corrected chi connectivity index (χ1v) is 10.4. The van der Waals surface area contributed by atoms with Crippen LogP contribution in [0, 0.1) is 6.92 Å². The molecule has 5 rings (SSSR count). The summed E-state index contributed by atoms with van der Waals surface area (Å²) in [6.07, 6.45) is 0. The van der Waals surface area contributed by atoms with Crippen molar-refractivity contribution in [1.29, 1.82) is 0 Å². The van der Waals surface area contributed by atoms with Crippen molar-refractivity contribution in [2.24, 2.45) is 0 Å². The first kappa shape index (κ1) is 19.6. The smallest absolute Gasteiger partial charge is 0.255 e. The second kappa shape index (κ2) is 8.40. The van der Waals surface area contributed by atoms with E-state index in [4.69, 9.17) is 4.74 Å². The van der Waals surface area contributed by atoms with E-state index >= 15 is 0 Å². The molecule has 4 aromatic carbocycles. The van der Waals surface area contributed by atoms with E-state index in [2.05, 4.69) is 28.3 Å². The zero-order valence-corrected chi connectivity index (χ0v) is 17.5. The number of anilines is 1. The molecule has 0 aliphatic carbocycles. The van der Waals surface area contributed by atoms with Crippen LogP contribution in [0.3, 0.4) is 0 Å². The maximum atomic E-state index is 12.7. The van der Waals surface area contributed by atoms with Gasteiger partial charge >= 0.3 is 0 Å². The Balaban J connectivity index is 1.26. The summed E-state index contributed by atoms with van der Waals surface area (Å²) in [5.74, 6) is 2.09. The van der Waals surface area contributed by atoms with Crippen molar-refractivity contribution in [2.75, 3.05) is 5.32 Å². The van der Waals surface area contributed by atoms with Crippen LogP contribution in [0.2, 0.25) is 0 Å². The van der Waals surface area contributed by atoms with E-state index in [9.17, 15) is 4.79 Å². The van der Waals surface area contributed by atoms with E-state index in [1.54, 1.807) is 12.1 Å². The highest BCUT2D eigenvalue weighted by atomic mass is 16.5. The first-order valence-electron chi connectivity index (χ1n) is 10.4. The van der Waals surface area contributed by atoms with Crippen molar-refractivity contribution in [3.63, 3.8) is 0 Å². The van der Waals surface area contributed by atoms with Gasteiger partial charge in [0, 0.05) is 16.8 Å². The maximum absolute atomic E-state index is 12.7. The number of nitrogens with one attached hydrogen (secondary N) is 2. The zero-order chi connectivity index (χ0) is 21.9. The molecule has 0 radical (unpaired) electrons. The number of carbonyl (C=O) groups is 1. The lowest BCUT2D eigenvalue weighted by molar-refractivity contribution is 0.102. The van der Waals surface area contributed by atoms with Crippen LogP contribution in [0.5, 0.6) is 11.5 Å². The van der Waals surface area contributed by atoms with Gasteiger partial charge in [0.25, 0.3) is 5.91 Å². The second-order valence-electron chi connectivity index (χ2n) is 7.58. The van der Waals surface area contributed by atoms with Crippen LogP contribution >= 0.6 is 0 Å². The highest BCUT2D eigenvalue weighted by Crippen LogP contribution is 2.24. The topological polar surface area (TPSA) is 67.0 Å². The van der Waals surface area contributed by atoms with E-state index in [-0.39, 0.29) is 5.91 Å². The molecule has 32 heavy (non-hydrogen) atoms. The van der Waals surface area contributed by atoms with E-state index in [0.29, 0.717) is 17.0 Å². The number of aromatic nitrogens is 2. The minimum atomic E-state index is -0.173. The number of H-pyrrole nitrogens is 1. The molecule has 1 heterocycles. The normalized spacial score (nSPS) is 10.8. The van der Waals surface area contributed by atoms with Crippen LogP contribution in [-0.2, 0) is 0 Å². The third-order valence-electron chi connectivity index (χ3n) is 5.15. The Labute approximate surface area is 185 Å². The Hall–Kier alpha value is -4.38. The predicted molar refractivity (Wildman–Crippen MR) is 127 cm³/mol. The van der Waals surface area contributed by atoms with Crippen LogP contribution in [0.1, 0.15) is 15.9 Å². The molecular weight excluding hydrogens is 398 g/mol. The van der Waals surface area contributed by atoms with Crippen LogP contribution in [-0.4, -0.2) is 15.9 Å². The zero-order valence-electron chi connectivity index (χ0n) is 17.5. The molecule has 5 aromatic rings. The molecule has 0 unspecified atom stereocenters. The van der Waals surface area contributed by atoms with Gasteiger partial charge in [0.2, 0.25) is 0 Å². The SMILES string of the molecule is Cc1ccc2nc(-c3ccc(C(=O)Nc4ccc(Oc5ccccc5)cc4)cc3)[nH]c2c1. The summed E-state index contributed by atoms with van der Waals surface area (Å²) in [5.41, 5.74) is 5.31. The van der Waals surface area contributed by atoms with Crippen molar-refractivity contribution < 1.29 is 9.53 Å². The molecule has 1 amide bonds. The summed E-state index contributed by atoms with van der Waals surface area (Å²) in [6.45, 7) is 2.05. The van der Waals surface area contributed by atoms with E-state index in [1.807, 2.05) is 78.9 Å². The summed E-state index contributed by atoms with van der Waals surface area (Å²) < 4.78 is 5.78. The van der Waals surface area contributed by atoms with Gasteiger partial charge in [-0.15, -0.1) is 0 Å². The Kier molecular flexibility index (Phi) is 5.14. The highest BCUT2D eigenvalue weighted by molar-refractivity contribution is 6.04. The van der Waals surface area contributed by atoms with E-state index in [1.165, 1.54) is 5.56 Å². The van der Waals surface area contributed by atoms with E-state index < -0.39 is 0 Å². The molecule has 5 nitrogen and oxygen atoms in total. The fourth-order valence-electron chi connectivity index (χ4n) is 3.47. The summed E-state index contributed by atoms with van der Waals surface area (Å²) in [6, 6.07) is 30.4. The first-order chi connectivity index (χ1) is 15.6. The average molecular weight is 419 g/mol. The number of amides is 1. The number of hydrogen-bond donors (Lipinski definition) is 2. The lowest BCUT2D eigenvalue weighted by Gasteiger charge is -2.08. The number of para-hydroxylation sites is 1. The third kappa shape index (κ3) is 4.23. The summed E-state index contributed by atoms with van der Waals surface area (Å²) in [7, 11) is 0. The fourth-order valence-corrected chi connectivity index (χ4v) is 3.47. The standard InChI is InChI=1S/C27H21N3O2/c1-18-7-16-24-25(17-18)30-26(29-24)19-8-10-20(11-9-19)27(31)28-21-12-14-23(15-13-21)32-22-5-3-2-4-6-22/h2-17H,1H3,(H,28,31)(H,29,30). The van der Waals surface area contributed by atoms with E-state index in [0.717, 1.165) is 28.2 Å². The number of nitrogens with zero attached hydrogens (tertiary/aromatic N) is 1. The van der Waals surface area contributed by atoms with Crippen molar-refractivity contribution in [1.82, 2.24) is 9.97 Å². The predicted octanol–water partition coefficient (Wildman–Crippen LogP) is 6.58. The lowest BCUT2D eigenvalue weighted by atomic mass is 10.1. The Morgan fingerprint density at radius 2 is 1.56 bits per heavy atom. The number of carbonyl (C=O) groups excluding carboxylic acids is 1. The quantitative estimate of drug-likeness (QED) is 0.338. The molecule has 0 atom stereocenters. The van der Waals surface area contributed by atoms with Crippen molar-refractivity contribution >= 4 is 22.6 Å². The average Bonchev–Trinajstić information content (AvgIpc) is 3.24. The van der Waals surface area contributed by atoms with Gasteiger partial charge < -0.3 is 15.0 Å². The van der Waals surface area contributed by atoms with Gasteiger partial charge in [0.1, 0.15) is 17.3 Å². The molecule has 0 bridgehead atoms. The molecule has 0 aliphatic heterocycles. The molecule has 0 fully saturated rings. The molecule has 1 aromatic heterocycles. The molecule has 0 aliphatic rings. The highest BCUT2D eigenvalue weighted by Gasteiger charge is 2.09. The number of hydrogen-bond acceptors (Lipinski definition) is 3. The van der Waals surface area contributed by atoms with Crippen LogP contribution in [0.4, 0.5) is 5.69 Å². The second-order valence-corrected chi connectivity index (χ2v) is 7.58. The number of aryl methyl sites for hydroxylation is 1. The van der Waals surface area contributed by atoms with Gasteiger partial charge in [0.05, 0.1) is 11.0 Å². The number of rotatable bonds is 5. The van der Waals surface area contributed by atoms with Crippen LogP contribution in [0.15, 0.2) is 97.1 Å². The largest absolute Gasteiger partial charge is 0.457 e. The van der Waals surface area contributed by atoms with Gasteiger partial charge in [-0.25, -0.2) is 4.98 Å². The van der Waals surface area contributed by atoms with Gasteiger partial charge in [-0.2, -0.15) is 0 Å². The minimum Gasteiger partial charge on any atom is -0.457 e. The number of fused-ring (bicyclic) bond motifs is 1. The van der Waals surface area contributed by atoms with Crippen molar-refractivity contribution in [2.45, 2.75) is 6.92 Å². The molecular formula is C27H21N3O2. The summed E-state index contributed by atoms with van der Waals surface area (Å²) in [5, 5.41) is 2.92. The maximum Gasteiger partial charge on any atom is 0.255 e. The Bertz CT molecular complexity index is 1370. The summed E-state index contributed by atoms with van der Waals surface area (Å²) >= 11 is 0. The molecule has 2 N–H and O–H groups in total. The molecule has 0 spiro atoms. The summed E-state index contributed by atoms with van der Waals surface area (Å²) in [4.78, 5) is 20.6.